The van der Waals surface area contributed by atoms with Gasteiger partial charge in [0.15, 0.2) is 0 Å². The number of hydrogen-bond acceptors (Lipinski definition) is 5. The third-order valence-electron chi connectivity index (χ3n) is 8.47. The Kier molecular flexibility index (Phi) is 16.7. The van der Waals surface area contributed by atoms with Crippen LogP contribution in [0, 0.1) is 5.92 Å². The Labute approximate surface area is 237 Å². The summed E-state index contributed by atoms with van der Waals surface area (Å²) in [7, 11) is 0. The smallest absolute Gasteiger partial charge is 0.305 e. The van der Waals surface area contributed by atoms with Crippen molar-refractivity contribution in [2.75, 3.05) is 12.4 Å². The zero-order valence-corrected chi connectivity index (χ0v) is 25.4. The molecule has 0 spiro atoms. The summed E-state index contributed by atoms with van der Waals surface area (Å²) >= 11 is 1.84. The highest BCUT2D eigenvalue weighted by Crippen LogP contribution is 2.40. The zero-order valence-electron chi connectivity index (χ0n) is 24.5. The van der Waals surface area contributed by atoms with Gasteiger partial charge in [-0.3, -0.25) is 4.79 Å². The Morgan fingerprint density at radius 1 is 0.947 bits per heavy atom. The average molecular weight is 549 g/mol. The molecule has 0 heterocycles. The molecule has 0 bridgehead atoms. The monoisotopic (exact) mass is 548 g/mol. The van der Waals surface area contributed by atoms with Crippen LogP contribution in [-0.4, -0.2) is 46.0 Å². The molecule has 4 nitrogen and oxygen atoms in total. The third kappa shape index (κ3) is 12.4. The van der Waals surface area contributed by atoms with Crippen LogP contribution in [0.1, 0.15) is 129 Å². The molecule has 218 valence electrons. The van der Waals surface area contributed by atoms with E-state index in [0.717, 1.165) is 63.4 Å². The van der Waals surface area contributed by atoms with Gasteiger partial charge < -0.3 is 14.9 Å². The number of ether oxygens (including phenoxy) is 1. The molecule has 1 aliphatic rings. The molecule has 4 unspecified atom stereocenters. The van der Waals surface area contributed by atoms with Crippen LogP contribution >= 0.6 is 11.8 Å². The lowest BCUT2D eigenvalue weighted by atomic mass is 9.80. The summed E-state index contributed by atoms with van der Waals surface area (Å²) in [5.41, 5.74) is 0.865. The number of benzene rings is 1. The summed E-state index contributed by atoms with van der Waals surface area (Å²) in [5.74, 6) is 0.952. The Morgan fingerprint density at radius 2 is 1.58 bits per heavy atom. The number of thioether (sulfide) groups is 1. The van der Waals surface area contributed by atoms with Crippen molar-refractivity contribution in [1.82, 2.24) is 0 Å². The molecule has 1 aromatic rings. The predicted octanol–water partition coefficient (Wildman–Crippen LogP) is 8.22. The van der Waals surface area contributed by atoms with Crippen molar-refractivity contribution in [1.29, 1.82) is 0 Å². The number of unbranched alkanes of at least 4 members (excludes halogenated alkanes) is 10. The van der Waals surface area contributed by atoms with E-state index in [2.05, 4.69) is 32.9 Å². The minimum absolute atomic E-state index is 0.0485. The van der Waals surface area contributed by atoms with Gasteiger partial charge in [-0.2, -0.15) is 11.8 Å². The van der Waals surface area contributed by atoms with Gasteiger partial charge in [-0.05, 0) is 43.6 Å². The molecule has 0 saturated heterocycles. The molecular weight excluding hydrogens is 492 g/mol. The standard InChI is InChI=1S/C33H56O4S/c1-4-5-6-7-8-9-12-18-25-37-32(36)22-17-11-10-16-21-28-29(34)23-24-30(28)38-26-31(35)33(2,3)27-19-14-13-15-20-27/h13-15,19-20,28-31,34-35H,4-12,16-18,21-26H2,1-3H3. The van der Waals surface area contributed by atoms with Crippen LogP contribution in [0.3, 0.4) is 0 Å². The van der Waals surface area contributed by atoms with Gasteiger partial charge in [0.25, 0.3) is 0 Å². The first-order valence-electron chi connectivity index (χ1n) is 15.5. The lowest BCUT2D eigenvalue weighted by Crippen LogP contribution is -2.36. The van der Waals surface area contributed by atoms with Gasteiger partial charge >= 0.3 is 5.97 Å². The van der Waals surface area contributed by atoms with E-state index < -0.39 is 6.10 Å². The van der Waals surface area contributed by atoms with Crippen molar-refractivity contribution in [2.45, 2.75) is 146 Å². The number of aliphatic hydroxyl groups excluding tert-OH is 2. The van der Waals surface area contributed by atoms with E-state index in [0.29, 0.717) is 29.9 Å². The largest absolute Gasteiger partial charge is 0.466 e. The molecule has 1 fully saturated rings. The lowest BCUT2D eigenvalue weighted by Gasteiger charge is -2.32. The minimum Gasteiger partial charge on any atom is -0.466 e. The topological polar surface area (TPSA) is 66.8 Å². The highest BCUT2D eigenvalue weighted by molar-refractivity contribution is 7.99. The molecule has 0 aromatic heterocycles. The summed E-state index contributed by atoms with van der Waals surface area (Å²) in [6.07, 6.45) is 16.9. The van der Waals surface area contributed by atoms with Crippen LogP contribution in [0.25, 0.3) is 0 Å². The Morgan fingerprint density at radius 3 is 2.29 bits per heavy atom. The Bertz CT molecular complexity index is 738. The van der Waals surface area contributed by atoms with Gasteiger partial charge in [-0.15, -0.1) is 0 Å². The first-order valence-corrected chi connectivity index (χ1v) is 16.6. The first-order chi connectivity index (χ1) is 18.4. The molecular formula is C33H56O4S. The maximum atomic E-state index is 12.0. The second-order valence-corrected chi connectivity index (χ2v) is 13.2. The van der Waals surface area contributed by atoms with Crippen molar-refractivity contribution in [3.05, 3.63) is 35.9 Å². The van der Waals surface area contributed by atoms with Crippen LogP contribution in [0.4, 0.5) is 0 Å². The summed E-state index contributed by atoms with van der Waals surface area (Å²) < 4.78 is 5.41. The summed E-state index contributed by atoms with van der Waals surface area (Å²) in [5, 5.41) is 22.0. The van der Waals surface area contributed by atoms with Gasteiger partial charge in [0.1, 0.15) is 0 Å². The van der Waals surface area contributed by atoms with Gasteiger partial charge in [0.05, 0.1) is 18.8 Å². The second kappa shape index (κ2) is 19.1. The number of esters is 1. The van der Waals surface area contributed by atoms with Crippen LogP contribution < -0.4 is 0 Å². The van der Waals surface area contributed by atoms with E-state index in [9.17, 15) is 15.0 Å². The van der Waals surface area contributed by atoms with Crippen LogP contribution in [0.5, 0.6) is 0 Å². The van der Waals surface area contributed by atoms with E-state index in [-0.39, 0.29) is 17.5 Å². The van der Waals surface area contributed by atoms with Crippen molar-refractivity contribution < 1.29 is 19.7 Å². The SMILES string of the molecule is CCCCCCCCCCOC(=O)CCCCCCC1C(O)CCC1SCC(O)C(C)(C)c1ccccc1. The zero-order chi connectivity index (χ0) is 27.6. The highest BCUT2D eigenvalue weighted by atomic mass is 32.2. The van der Waals surface area contributed by atoms with Crippen LogP contribution in [0.15, 0.2) is 30.3 Å². The van der Waals surface area contributed by atoms with E-state index in [4.69, 9.17) is 4.74 Å². The highest BCUT2D eigenvalue weighted by Gasteiger charge is 2.37. The van der Waals surface area contributed by atoms with Gasteiger partial charge in [-0.1, -0.05) is 115 Å². The first kappa shape index (κ1) is 33.2. The molecule has 0 radical (unpaired) electrons. The van der Waals surface area contributed by atoms with Crippen LogP contribution in [0.2, 0.25) is 0 Å². The number of rotatable bonds is 21. The van der Waals surface area contributed by atoms with Gasteiger partial charge in [-0.25, -0.2) is 0 Å². The molecule has 1 aliphatic carbocycles. The fraction of sp³-hybridized carbons (Fsp3) is 0.788. The average Bonchev–Trinajstić information content (AvgIpc) is 3.27. The minimum atomic E-state index is -0.427. The Hall–Kier alpha value is -1.04. The lowest BCUT2D eigenvalue weighted by molar-refractivity contribution is -0.143. The maximum Gasteiger partial charge on any atom is 0.305 e. The fourth-order valence-electron chi connectivity index (χ4n) is 5.58. The molecule has 2 rings (SSSR count). The van der Waals surface area contributed by atoms with Gasteiger partial charge in [0, 0.05) is 22.8 Å². The predicted molar refractivity (Wildman–Crippen MR) is 162 cm³/mol. The number of carbonyl (C=O) groups excluding carboxylic acids is 1. The van der Waals surface area contributed by atoms with E-state index in [1.807, 2.05) is 30.0 Å². The molecule has 1 aromatic carbocycles. The van der Waals surface area contributed by atoms with E-state index in [1.54, 1.807) is 0 Å². The molecule has 38 heavy (non-hydrogen) atoms. The number of carbonyl (C=O) groups is 1. The van der Waals surface area contributed by atoms with Crippen molar-refractivity contribution >= 4 is 17.7 Å². The van der Waals surface area contributed by atoms with Crippen LogP contribution in [-0.2, 0) is 14.9 Å². The maximum absolute atomic E-state index is 12.0. The molecule has 2 N–H and O–H groups in total. The summed E-state index contributed by atoms with van der Waals surface area (Å²) in [6.45, 7) is 7.04. The fourth-order valence-corrected chi connectivity index (χ4v) is 7.29. The van der Waals surface area contributed by atoms with Crippen molar-refractivity contribution in [2.24, 2.45) is 5.92 Å². The molecule has 0 amide bonds. The van der Waals surface area contributed by atoms with Crippen molar-refractivity contribution in [3.8, 4) is 0 Å². The summed E-state index contributed by atoms with van der Waals surface area (Å²) in [4.78, 5) is 12.0. The second-order valence-electron chi connectivity index (χ2n) is 11.9. The molecule has 5 heteroatoms. The number of aliphatic hydroxyl groups is 2. The third-order valence-corrected chi connectivity index (χ3v) is 9.99. The normalized spacial score (nSPS) is 20.5. The molecule has 0 aliphatic heterocycles. The van der Waals surface area contributed by atoms with E-state index >= 15 is 0 Å². The van der Waals surface area contributed by atoms with Crippen molar-refractivity contribution in [3.63, 3.8) is 0 Å². The van der Waals surface area contributed by atoms with Gasteiger partial charge in [0.2, 0.25) is 0 Å². The summed E-state index contributed by atoms with van der Waals surface area (Å²) in [6, 6.07) is 10.2. The van der Waals surface area contributed by atoms with E-state index in [1.165, 1.54) is 38.5 Å². The quantitative estimate of drug-likeness (QED) is 0.120. The Balaban J connectivity index is 1.53. The molecule has 4 atom stereocenters. The number of hydrogen-bond donors (Lipinski definition) is 2. The molecule has 1 saturated carbocycles.